The molecule has 3 rings (SSSR count). The zero-order chi connectivity index (χ0) is 17.9. The lowest BCUT2D eigenvalue weighted by Gasteiger charge is -2.23. The number of halogens is 1. The molecule has 0 aliphatic carbocycles. The summed E-state index contributed by atoms with van der Waals surface area (Å²) in [5, 5.41) is 9.72. The van der Waals surface area contributed by atoms with Crippen molar-refractivity contribution in [3.05, 3.63) is 47.5 Å². The standard InChI is InChI=1S/C18H23FN4O2/c1-18(7-8-23(2)12-18)11-20-17(24)15-9-13(21-22-15)10-25-16-6-4-3-5-14(16)19/h3-6,9H,7-8,10-12H2,1-2H3,(H,20,24)(H,21,22)/t18-/m0/s1. The molecule has 2 aromatic rings. The normalized spacial score (nSPS) is 20.6. The van der Waals surface area contributed by atoms with E-state index in [9.17, 15) is 9.18 Å². The van der Waals surface area contributed by atoms with Crippen LogP contribution in [0, 0.1) is 11.2 Å². The summed E-state index contributed by atoms with van der Waals surface area (Å²) in [6.07, 6.45) is 1.06. The Morgan fingerprint density at radius 1 is 1.48 bits per heavy atom. The first kappa shape index (κ1) is 17.4. The number of nitrogens with one attached hydrogen (secondary N) is 2. The molecular weight excluding hydrogens is 323 g/mol. The summed E-state index contributed by atoms with van der Waals surface area (Å²) < 4.78 is 18.9. The molecule has 0 unspecified atom stereocenters. The third-order valence-corrected chi connectivity index (χ3v) is 4.51. The maximum atomic E-state index is 13.5. The molecule has 25 heavy (non-hydrogen) atoms. The third-order valence-electron chi connectivity index (χ3n) is 4.51. The number of likely N-dealkylation sites (tertiary alicyclic amines) is 1. The summed E-state index contributed by atoms with van der Waals surface area (Å²) in [4.78, 5) is 14.5. The van der Waals surface area contributed by atoms with Crippen LogP contribution in [0.25, 0.3) is 0 Å². The minimum Gasteiger partial charge on any atom is -0.484 e. The summed E-state index contributed by atoms with van der Waals surface area (Å²) in [5.41, 5.74) is 1.01. The van der Waals surface area contributed by atoms with Crippen molar-refractivity contribution >= 4 is 5.91 Å². The van der Waals surface area contributed by atoms with Crippen molar-refractivity contribution < 1.29 is 13.9 Å². The van der Waals surface area contributed by atoms with Gasteiger partial charge in [0.1, 0.15) is 12.3 Å². The molecule has 0 bridgehead atoms. The Kier molecular flexibility index (Phi) is 5.03. The van der Waals surface area contributed by atoms with Gasteiger partial charge in [0.05, 0.1) is 5.69 Å². The van der Waals surface area contributed by atoms with E-state index in [0.29, 0.717) is 17.9 Å². The highest BCUT2D eigenvalue weighted by molar-refractivity contribution is 5.92. The summed E-state index contributed by atoms with van der Waals surface area (Å²) in [7, 11) is 2.09. The van der Waals surface area contributed by atoms with Crippen molar-refractivity contribution in [2.45, 2.75) is 20.0 Å². The minimum atomic E-state index is -0.422. The van der Waals surface area contributed by atoms with Crippen LogP contribution in [-0.4, -0.2) is 47.7 Å². The van der Waals surface area contributed by atoms with E-state index in [1.807, 2.05) is 0 Å². The number of amides is 1. The third kappa shape index (κ3) is 4.36. The molecule has 1 aliphatic rings. The first-order chi connectivity index (χ1) is 12.0. The van der Waals surface area contributed by atoms with E-state index < -0.39 is 5.82 Å². The van der Waals surface area contributed by atoms with Crippen molar-refractivity contribution in [2.75, 3.05) is 26.7 Å². The van der Waals surface area contributed by atoms with Crippen molar-refractivity contribution in [3.63, 3.8) is 0 Å². The SMILES string of the molecule is CN1CC[C@@](C)(CNC(=O)c2cc(COc3ccccc3F)[nH]n2)C1. The Hall–Kier alpha value is -2.41. The van der Waals surface area contributed by atoms with Crippen LogP contribution in [0.15, 0.2) is 30.3 Å². The highest BCUT2D eigenvalue weighted by Crippen LogP contribution is 2.27. The number of aromatic nitrogens is 2. The second-order valence-corrected chi connectivity index (χ2v) is 6.98. The Labute approximate surface area is 146 Å². The molecule has 7 heteroatoms. The first-order valence-corrected chi connectivity index (χ1v) is 8.34. The number of benzene rings is 1. The van der Waals surface area contributed by atoms with E-state index in [-0.39, 0.29) is 23.7 Å². The maximum Gasteiger partial charge on any atom is 0.271 e. The van der Waals surface area contributed by atoms with Crippen LogP contribution < -0.4 is 10.1 Å². The Bertz CT molecular complexity index is 748. The number of H-pyrrole nitrogens is 1. The summed E-state index contributed by atoms with van der Waals surface area (Å²) in [6.45, 7) is 4.92. The second kappa shape index (κ2) is 7.23. The number of hydrogen-bond donors (Lipinski definition) is 2. The molecule has 1 aromatic heterocycles. The second-order valence-electron chi connectivity index (χ2n) is 6.98. The maximum absolute atomic E-state index is 13.5. The fourth-order valence-electron chi connectivity index (χ4n) is 3.07. The molecule has 2 N–H and O–H groups in total. The van der Waals surface area contributed by atoms with Crippen molar-refractivity contribution in [3.8, 4) is 5.75 Å². The fourth-order valence-corrected chi connectivity index (χ4v) is 3.07. The lowest BCUT2D eigenvalue weighted by Crippen LogP contribution is -2.37. The van der Waals surface area contributed by atoms with E-state index in [1.54, 1.807) is 24.3 Å². The predicted octanol–water partition coefficient (Wildman–Crippen LogP) is 2.20. The van der Waals surface area contributed by atoms with Crippen molar-refractivity contribution in [1.29, 1.82) is 0 Å². The van der Waals surface area contributed by atoms with Crippen LogP contribution in [0.3, 0.4) is 0 Å². The van der Waals surface area contributed by atoms with E-state index >= 15 is 0 Å². The average molecular weight is 346 g/mol. The highest BCUT2D eigenvalue weighted by Gasteiger charge is 2.32. The topological polar surface area (TPSA) is 70.2 Å². The van der Waals surface area contributed by atoms with E-state index in [0.717, 1.165) is 19.5 Å². The molecule has 1 atom stereocenters. The average Bonchev–Trinajstić information content (AvgIpc) is 3.19. The molecule has 0 radical (unpaired) electrons. The fraction of sp³-hybridized carbons (Fsp3) is 0.444. The quantitative estimate of drug-likeness (QED) is 0.841. The Balaban J connectivity index is 1.52. The lowest BCUT2D eigenvalue weighted by molar-refractivity contribution is 0.0930. The van der Waals surface area contributed by atoms with Gasteiger partial charge in [-0.05, 0) is 43.6 Å². The molecule has 1 saturated heterocycles. The number of para-hydroxylation sites is 1. The van der Waals surface area contributed by atoms with Gasteiger partial charge in [-0.2, -0.15) is 5.10 Å². The number of carbonyl (C=O) groups excluding carboxylic acids is 1. The van der Waals surface area contributed by atoms with Crippen LogP contribution in [0.2, 0.25) is 0 Å². The molecule has 1 aromatic carbocycles. The van der Waals surface area contributed by atoms with E-state index in [1.165, 1.54) is 6.07 Å². The number of aromatic amines is 1. The number of rotatable bonds is 6. The molecule has 1 aliphatic heterocycles. The Morgan fingerprint density at radius 2 is 2.28 bits per heavy atom. The van der Waals surface area contributed by atoms with Gasteiger partial charge in [0.2, 0.25) is 0 Å². The summed E-state index contributed by atoms with van der Waals surface area (Å²) in [6, 6.07) is 7.81. The largest absolute Gasteiger partial charge is 0.484 e. The zero-order valence-corrected chi connectivity index (χ0v) is 14.5. The van der Waals surface area contributed by atoms with Gasteiger partial charge < -0.3 is 15.0 Å². The van der Waals surface area contributed by atoms with E-state index in [4.69, 9.17) is 4.74 Å². The predicted molar refractivity (Wildman–Crippen MR) is 91.9 cm³/mol. The number of nitrogens with zero attached hydrogens (tertiary/aromatic N) is 2. The zero-order valence-electron chi connectivity index (χ0n) is 14.5. The van der Waals surface area contributed by atoms with Crippen molar-refractivity contribution in [1.82, 2.24) is 20.4 Å². The summed E-state index contributed by atoms with van der Waals surface area (Å²) >= 11 is 0. The van der Waals surface area contributed by atoms with Gasteiger partial charge in [-0.3, -0.25) is 9.89 Å². The van der Waals surface area contributed by atoms with Crippen LogP contribution >= 0.6 is 0 Å². The number of carbonyl (C=O) groups is 1. The molecular formula is C18H23FN4O2. The Morgan fingerprint density at radius 3 is 3.00 bits per heavy atom. The van der Waals surface area contributed by atoms with Crippen LogP contribution in [0.5, 0.6) is 5.75 Å². The van der Waals surface area contributed by atoms with Gasteiger partial charge in [0.15, 0.2) is 11.6 Å². The molecule has 2 heterocycles. The van der Waals surface area contributed by atoms with Crippen LogP contribution in [0.1, 0.15) is 29.5 Å². The molecule has 1 amide bonds. The minimum absolute atomic E-state index is 0.0947. The van der Waals surface area contributed by atoms with Gasteiger partial charge in [-0.1, -0.05) is 19.1 Å². The summed E-state index contributed by atoms with van der Waals surface area (Å²) in [5.74, 6) is -0.472. The lowest BCUT2D eigenvalue weighted by atomic mass is 9.90. The molecule has 0 saturated carbocycles. The molecule has 134 valence electrons. The van der Waals surface area contributed by atoms with Crippen molar-refractivity contribution in [2.24, 2.45) is 5.41 Å². The van der Waals surface area contributed by atoms with Crippen LogP contribution in [-0.2, 0) is 6.61 Å². The van der Waals surface area contributed by atoms with Gasteiger partial charge in [-0.25, -0.2) is 4.39 Å². The first-order valence-electron chi connectivity index (χ1n) is 8.34. The molecule has 0 spiro atoms. The van der Waals surface area contributed by atoms with Gasteiger partial charge in [0.25, 0.3) is 5.91 Å². The molecule has 1 fully saturated rings. The smallest absolute Gasteiger partial charge is 0.271 e. The monoisotopic (exact) mass is 346 g/mol. The van der Waals surface area contributed by atoms with Gasteiger partial charge in [-0.15, -0.1) is 0 Å². The van der Waals surface area contributed by atoms with Gasteiger partial charge in [0, 0.05) is 13.1 Å². The van der Waals surface area contributed by atoms with Crippen LogP contribution in [0.4, 0.5) is 4.39 Å². The van der Waals surface area contributed by atoms with Gasteiger partial charge >= 0.3 is 0 Å². The number of hydrogen-bond acceptors (Lipinski definition) is 4. The molecule has 6 nitrogen and oxygen atoms in total. The van der Waals surface area contributed by atoms with E-state index in [2.05, 4.69) is 34.4 Å². The highest BCUT2D eigenvalue weighted by atomic mass is 19.1. The number of ether oxygens (including phenoxy) is 1.